The fraction of sp³-hybridized carbons (Fsp3) is 0.0465. The predicted molar refractivity (Wildman–Crippen MR) is 197 cm³/mol. The number of aromatic nitrogens is 5. The summed E-state index contributed by atoms with van der Waals surface area (Å²) in [5, 5.41) is 8.42. The van der Waals surface area contributed by atoms with E-state index in [0.717, 1.165) is 46.0 Å². The summed E-state index contributed by atoms with van der Waals surface area (Å²) >= 11 is 0. The SMILES string of the molecule is C1=c2c(n(-c3nc(-c4ccccc4)nc(-c4ccccc4)n3)c3c2ccc2c4ccc5ccccc5c4n(-c4ccccc4)c23)=CCC1. The average Bonchev–Trinajstić information content (AvgIpc) is 3.69. The molecule has 5 nitrogen and oxygen atoms in total. The molecule has 48 heavy (non-hydrogen) atoms. The topological polar surface area (TPSA) is 48.5 Å². The third-order valence-corrected chi connectivity index (χ3v) is 9.57. The Labute approximate surface area is 276 Å². The van der Waals surface area contributed by atoms with E-state index in [9.17, 15) is 0 Å². The zero-order valence-corrected chi connectivity index (χ0v) is 26.1. The van der Waals surface area contributed by atoms with E-state index in [1.54, 1.807) is 0 Å². The Kier molecular flexibility index (Phi) is 5.93. The van der Waals surface area contributed by atoms with Gasteiger partial charge < -0.3 is 4.57 Å². The van der Waals surface area contributed by atoms with Gasteiger partial charge >= 0.3 is 0 Å². The Hall–Kier alpha value is -6.33. The first-order chi connectivity index (χ1) is 23.8. The first kappa shape index (κ1) is 26.8. The lowest BCUT2D eigenvalue weighted by Gasteiger charge is -2.13. The second kappa shape index (κ2) is 10.6. The van der Waals surface area contributed by atoms with Crippen LogP contribution < -0.4 is 10.6 Å². The molecule has 1 aliphatic rings. The molecule has 0 aliphatic heterocycles. The van der Waals surface area contributed by atoms with Crippen molar-refractivity contribution in [2.45, 2.75) is 12.8 Å². The largest absolute Gasteiger partial charge is 0.307 e. The number of nitrogens with zero attached hydrogens (tertiary/aromatic N) is 5. The van der Waals surface area contributed by atoms with E-state index in [2.05, 4.69) is 124 Å². The Bertz CT molecular complexity index is 2760. The molecular weight excluding hydrogens is 587 g/mol. The second-order valence-corrected chi connectivity index (χ2v) is 12.3. The lowest BCUT2D eigenvalue weighted by molar-refractivity contribution is 0.903. The maximum Gasteiger partial charge on any atom is 0.238 e. The highest BCUT2D eigenvalue weighted by Crippen LogP contribution is 2.39. The quantitative estimate of drug-likeness (QED) is 0.199. The molecule has 0 amide bonds. The highest BCUT2D eigenvalue weighted by atomic mass is 15.2. The zero-order valence-electron chi connectivity index (χ0n) is 26.1. The average molecular weight is 616 g/mol. The van der Waals surface area contributed by atoms with E-state index < -0.39 is 0 Å². The fourth-order valence-electron chi connectivity index (χ4n) is 7.47. The van der Waals surface area contributed by atoms with Crippen molar-refractivity contribution in [3.63, 3.8) is 0 Å². The van der Waals surface area contributed by atoms with Crippen LogP contribution in [0.1, 0.15) is 12.8 Å². The zero-order chi connectivity index (χ0) is 31.6. The minimum atomic E-state index is 0.614. The van der Waals surface area contributed by atoms with Gasteiger partial charge in [-0.15, -0.1) is 0 Å². The van der Waals surface area contributed by atoms with Crippen molar-refractivity contribution in [1.29, 1.82) is 0 Å². The second-order valence-electron chi connectivity index (χ2n) is 12.3. The highest BCUT2D eigenvalue weighted by molar-refractivity contribution is 6.23. The van der Waals surface area contributed by atoms with Gasteiger partial charge in [-0.3, -0.25) is 4.57 Å². The monoisotopic (exact) mass is 615 g/mol. The molecule has 0 N–H and O–H groups in total. The van der Waals surface area contributed by atoms with Crippen LogP contribution in [0.3, 0.4) is 0 Å². The van der Waals surface area contributed by atoms with Crippen molar-refractivity contribution in [3.05, 3.63) is 150 Å². The molecule has 0 radical (unpaired) electrons. The Morgan fingerprint density at radius 1 is 0.417 bits per heavy atom. The lowest BCUT2D eigenvalue weighted by atomic mass is 10.0. The predicted octanol–water partition coefficient (Wildman–Crippen LogP) is 8.75. The molecule has 0 unspecified atom stereocenters. The molecular formula is C43H29N5. The number of hydrogen-bond donors (Lipinski definition) is 0. The number of para-hydroxylation sites is 1. The van der Waals surface area contributed by atoms with Gasteiger partial charge in [-0.2, -0.15) is 9.97 Å². The van der Waals surface area contributed by atoms with Crippen LogP contribution in [0.25, 0.3) is 90.0 Å². The smallest absolute Gasteiger partial charge is 0.238 e. The summed E-state index contributed by atoms with van der Waals surface area (Å²) in [6, 6.07) is 49.0. The molecule has 1 aliphatic carbocycles. The summed E-state index contributed by atoms with van der Waals surface area (Å²) in [5.74, 6) is 1.91. The van der Waals surface area contributed by atoms with Crippen LogP contribution in [-0.4, -0.2) is 24.1 Å². The molecule has 0 atom stereocenters. The normalized spacial score (nSPS) is 12.8. The minimum absolute atomic E-state index is 0.614. The Morgan fingerprint density at radius 2 is 0.979 bits per heavy atom. The van der Waals surface area contributed by atoms with Crippen LogP contribution >= 0.6 is 0 Å². The van der Waals surface area contributed by atoms with Crippen molar-refractivity contribution in [2.24, 2.45) is 0 Å². The van der Waals surface area contributed by atoms with Gasteiger partial charge in [-0.25, -0.2) is 4.98 Å². The van der Waals surface area contributed by atoms with E-state index in [4.69, 9.17) is 15.0 Å². The van der Waals surface area contributed by atoms with Crippen molar-refractivity contribution in [1.82, 2.24) is 24.1 Å². The van der Waals surface area contributed by atoms with Gasteiger partial charge in [0.05, 0.1) is 21.9 Å². The number of benzene rings is 6. The van der Waals surface area contributed by atoms with Gasteiger partial charge in [0.15, 0.2) is 11.6 Å². The summed E-state index contributed by atoms with van der Waals surface area (Å²) in [5.41, 5.74) is 6.46. The van der Waals surface area contributed by atoms with Crippen molar-refractivity contribution in [2.75, 3.05) is 0 Å². The molecule has 3 heterocycles. The summed E-state index contributed by atoms with van der Waals surface area (Å²) in [6.07, 6.45) is 6.68. The van der Waals surface area contributed by atoms with Crippen LogP contribution in [0.15, 0.2) is 140 Å². The van der Waals surface area contributed by atoms with Gasteiger partial charge in [-0.05, 0) is 30.4 Å². The summed E-state index contributed by atoms with van der Waals surface area (Å²) in [7, 11) is 0. The molecule has 3 aromatic heterocycles. The van der Waals surface area contributed by atoms with E-state index in [-0.39, 0.29) is 0 Å². The molecule has 0 saturated heterocycles. The van der Waals surface area contributed by atoms with Gasteiger partial charge in [0, 0.05) is 43.6 Å². The maximum absolute atomic E-state index is 5.24. The van der Waals surface area contributed by atoms with Crippen LogP contribution in [-0.2, 0) is 0 Å². The number of rotatable bonds is 4. The van der Waals surface area contributed by atoms with E-state index in [0.29, 0.717) is 17.6 Å². The molecule has 6 aromatic carbocycles. The molecule has 0 bridgehead atoms. The van der Waals surface area contributed by atoms with Gasteiger partial charge in [-0.1, -0.05) is 140 Å². The Balaban J connectivity index is 1.42. The van der Waals surface area contributed by atoms with E-state index in [1.807, 2.05) is 36.4 Å². The number of fused-ring (bicyclic) bond motifs is 9. The first-order valence-electron chi connectivity index (χ1n) is 16.5. The summed E-state index contributed by atoms with van der Waals surface area (Å²) < 4.78 is 4.75. The van der Waals surface area contributed by atoms with Crippen LogP contribution in [0.4, 0.5) is 0 Å². The van der Waals surface area contributed by atoms with Crippen LogP contribution in [0.2, 0.25) is 0 Å². The summed E-state index contributed by atoms with van der Waals surface area (Å²) in [4.78, 5) is 15.5. The van der Waals surface area contributed by atoms with E-state index in [1.165, 1.54) is 37.7 Å². The highest BCUT2D eigenvalue weighted by Gasteiger charge is 2.23. The van der Waals surface area contributed by atoms with Crippen LogP contribution in [0.5, 0.6) is 0 Å². The van der Waals surface area contributed by atoms with Gasteiger partial charge in [0.25, 0.3) is 0 Å². The van der Waals surface area contributed by atoms with Gasteiger partial charge in [0.2, 0.25) is 5.95 Å². The summed E-state index contributed by atoms with van der Waals surface area (Å²) in [6.45, 7) is 0. The van der Waals surface area contributed by atoms with Crippen molar-refractivity contribution >= 4 is 55.6 Å². The molecule has 226 valence electrons. The van der Waals surface area contributed by atoms with Crippen LogP contribution in [0, 0.1) is 0 Å². The standard InChI is InChI=1S/C43H29N5/c1-4-15-29(16-5-1)41-44-42(30-17-6-2-7-18-30)46-43(45-41)48-37-23-13-12-22-33(37)34-26-27-36-35-25-24-28-14-10-11-21-32(28)38(35)47(39(36)40(34)48)31-19-8-3-9-20-31/h1-11,14-27H,12-13H2. The lowest BCUT2D eigenvalue weighted by Crippen LogP contribution is -2.31. The fourth-order valence-corrected chi connectivity index (χ4v) is 7.47. The first-order valence-corrected chi connectivity index (χ1v) is 16.5. The minimum Gasteiger partial charge on any atom is -0.307 e. The van der Waals surface area contributed by atoms with Crippen molar-refractivity contribution < 1.29 is 0 Å². The third kappa shape index (κ3) is 4.01. The number of hydrogen-bond acceptors (Lipinski definition) is 3. The molecule has 0 spiro atoms. The molecule has 5 heteroatoms. The third-order valence-electron chi connectivity index (χ3n) is 9.57. The molecule has 0 fully saturated rings. The maximum atomic E-state index is 5.24. The van der Waals surface area contributed by atoms with E-state index >= 15 is 0 Å². The van der Waals surface area contributed by atoms with Gasteiger partial charge in [0.1, 0.15) is 0 Å². The molecule has 9 aromatic rings. The molecule has 0 saturated carbocycles. The van der Waals surface area contributed by atoms with Crippen molar-refractivity contribution in [3.8, 4) is 34.4 Å². The Morgan fingerprint density at radius 3 is 1.71 bits per heavy atom. The molecule has 10 rings (SSSR count).